The molecular formula is C12H9NO5. The Morgan fingerprint density at radius 2 is 2.11 bits per heavy atom. The highest BCUT2D eigenvalue weighted by Crippen LogP contribution is 2.18. The highest BCUT2D eigenvalue weighted by Gasteiger charge is 2.09. The summed E-state index contributed by atoms with van der Waals surface area (Å²) in [6, 6.07) is 4.92. The van der Waals surface area contributed by atoms with Gasteiger partial charge in [0.05, 0.1) is 0 Å². The average molecular weight is 247 g/mol. The maximum absolute atomic E-state index is 10.5. The monoisotopic (exact) mass is 247 g/mol. The van der Waals surface area contributed by atoms with Gasteiger partial charge in [-0.25, -0.2) is 9.78 Å². The summed E-state index contributed by atoms with van der Waals surface area (Å²) in [5.74, 6) is -1.94. The Morgan fingerprint density at radius 3 is 2.78 bits per heavy atom. The van der Waals surface area contributed by atoms with E-state index < -0.39 is 11.9 Å². The van der Waals surface area contributed by atoms with Crippen molar-refractivity contribution in [3.63, 3.8) is 0 Å². The lowest BCUT2D eigenvalue weighted by Crippen LogP contribution is -1.99. The Labute approximate surface area is 101 Å². The van der Waals surface area contributed by atoms with Gasteiger partial charge in [-0.3, -0.25) is 4.79 Å². The van der Waals surface area contributed by atoms with Crippen molar-refractivity contribution in [1.29, 1.82) is 0 Å². The summed E-state index contributed by atoms with van der Waals surface area (Å²) in [5.41, 5.74) is 1.61. The van der Waals surface area contributed by atoms with Crippen LogP contribution in [-0.4, -0.2) is 27.1 Å². The third kappa shape index (κ3) is 2.73. The predicted molar refractivity (Wildman–Crippen MR) is 62.0 cm³/mol. The van der Waals surface area contributed by atoms with Crippen molar-refractivity contribution in [1.82, 2.24) is 4.98 Å². The van der Waals surface area contributed by atoms with Gasteiger partial charge in [0.15, 0.2) is 5.58 Å². The zero-order chi connectivity index (χ0) is 13.1. The smallest absolute Gasteiger partial charge is 0.328 e. The lowest BCUT2D eigenvalue weighted by Gasteiger charge is -1.91. The van der Waals surface area contributed by atoms with Gasteiger partial charge in [0.25, 0.3) is 0 Å². The van der Waals surface area contributed by atoms with Crippen molar-refractivity contribution in [2.45, 2.75) is 6.42 Å². The summed E-state index contributed by atoms with van der Waals surface area (Å²) in [7, 11) is 0. The molecule has 0 fully saturated rings. The van der Waals surface area contributed by atoms with Gasteiger partial charge in [0, 0.05) is 6.08 Å². The summed E-state index contributed by atoms with van der Waals surface area (Å²) in [6.07, 6.45) is 2.14. The molecular weight excluding hydrogens is 238 g/mol. The molecule has 0 aliphatic carbocycles. The van der Waals surface area contributed by atoms with E-state index in [1.54, 1.807) is 18.2 Å². The first kappa shape index (κ1) is 11.8. The minimum Gasteiger partial charge on any atom is -0.481 e. The van der Waals surface area contributed by atoms with Gasteiger partial charge in [0.1, 0.15) is 11.9 Å². The van der Waals surface area contributed by atoms with Crippen LogP contribution in [-0.2, 0) is 16.0 Å². The molecule has 0 saturated heterocycles. The van der Waals surface area contributed by atoms with Crippen molar-refractivity contribution in [2.24, 2.45) is 0 Å². The summed E-state index contributed by atoms with van der Waals surface area (Å²) in [4.78, 5) is 24.9. The number of carboxylic acid groups (broad SMARTS) is 2. The van der Waals surface area contributed by atoms with Crippen LogP contribution < -0.4 is 0 Å². The van der Waals surface area contributed by atoms with Gasteiger partial charge < -0.3 is 14.6 Å². The Hall–Kier alpha value is -2.63. The van der Waals surface area contributed by atoms with Crippen LogP contribution in [0.5, 0.6) is 0 Å². The molecule has 1 aromatic carbocycles. The van der Waals surface area contributed by atoms with E-state index >= 15 is 0 Å². The molecule has 6 nitrogen and oxygen atoms in total. The largest absolute Gasteiger partial charge is 0.481 e. The molecule has 0 spiro atoms. The van der Waals surface area contributed by atoms with E-state index in [1.807, 2.05) is 0 Å². The van der Waals surface area contributed by atoms with E-state index in [0.29, 0.717) is 16.7 Å². The zero-order valence-corrected chi connectivity index (χ0v) is 9.16. The van der Waals surface area contributed by atoms with Gasteiger partial charge >= 0.3 is 11.9 Å². The molecule has 0 aliphatic heterocycles. The summed E-state index contributed by atoms with van der Waals surface area (Å²) in [6.45, 7) is 0. The molecule has 0 unspecified atom stereocenters. The number of aliphatic carboxylic acids is 2. The molecule has 0 saturated carbocycles. The SMILES string of the molecule is O=C(O)/C=C/c1ccc2nc(CC(=O)O)oc2c1. The Kier molecular flexibility index (Phi) is 3.09. The minimum atomic E-state index is -1.04. The van der Waals surface area contributed by atoms with E-state index in [-0.39, 0.29) is 12.3 Å². The van der Waals surface area contributed by atoms with Crippen molar-refractivity contribution >= 4 is 29.1 Å². The van der Waals surface area contributed by atoms with Crippen LogP contribution in [0.25, 0.3) is 17.2 Å². The fourth-order valence-electron chi connectivity index (χ4n) is 1.47. The number of benzene rings is 1. The number of hydrogen-bond acceptors (Lipinski definition) is 4. The molecule has 6 heteroatoms. The molecule has 2 N–H and O–H groups in total. The van der Waals surface area contributed by atoms with E-state index in [2.05, 4.69) is 4.98 Å². The van der Waals surface area contributed by atoms with Crippen molar-refractivity contribution < 1.29 is 24.2 Å². The lowest BCUT2D eigenvalue weighted by atomic mass is 10.2. The highest BCUT2D eigenvalue weighted by molar-refractivity contribution is 5.86. The molecule has 0 radical (unpaired) electrons. The second-order valence-electron chi connectivity index (χ2n) is 3.58. The first-order valence-electron chi connectivity index (χ1n) is 5.07. The standard InChI is InChI=1S/C12H9NO5/c14-11(15)4-2-7-1-3-8-9(5-7)18-10(13-8)6-12(16)17/h1-5H,6H2,(H,14,15)(H,16,17)/b4-2+. The van der Waals surface area contributed by atoms with Crippen molar-refractivity contribution in [3.8, 4) is 0 Å². The molecule has 0 aliphatic rings. The fraction of sp³-hybridized carbons (Fsp3) is 0.0833. The average Bonchev–Trinajstić information content (AvgIpc) is 2.66. The Bertz CT molecular complexity index is 641. The topological polar surface area (TPSA) is 101 Å². The van der Waals surface area contributed by atoms with E-state index in [0.717, 1.165) is 6.08 Å². The number of oxazole rings is 1. The molecule has 2 aromatic rings. The summed E-state index contributed by atoms with van der Waals surface area (Å²) in [5, 5.41) is 17.1. The number of nitrogens with zero attached hydrogens (tertiary/aromatic N) is 1. The number of rotatable bonds is 4. The Morgan fingerprint density at radius 1 is 1.33 bits per heavy atom. The van der Waals surface area contributed by atoms with Crippen LogP contribution in [0.15, 0.2) is 28.7 Å². The van der Waals surface area contributed by atoms with Crippen LogP contribution in [0.2, 0.25) is 0 Å². The summed E-state index contributed by atoms with van der Waals surface area (Å²) < 4.78 is 5.25. The maximum Gasteiger partial charge on any atom is 0.328 e. The van der Waals surface area contributed by atoms with Crippen molar-refractivity contribution in [2.75, 3.05) is 0 Å². The zero-order valence-electron chi connectivity index (χ0n) is 9.16. The normalized spacial score (nSPS) is 11.1. The third-order valence-electron chi connectivity index (χ3n) is 2.18. The van der Waals surface area contributed by atoms with E-state index in [9.17, 15) is 9.59 Å². The first-order valence-corrected chi connectivity index (χ1v) is 5.07. The number of aromatic nitrogens is 1. The maximum atomic E-state index is 10.5. The van der Waals surface area contributed by atoms with Crippen molar-refractivity contribution in [3.05, 3.63) is 35.7 Å². The molecule has 18 heavy (non-hydrogen) atoms. The molecule has 92 valence electrons. The van der Waals surface area contributed by atoms with Crippen LogP contribution >= 0.6 is 0 Å². The molecule has 0 amide bonds. The first-order chi connectivity index (χ1) is 8.54. The predicted octanol–water partition coefficient (Wildman–Crippen LogP) is 1.55. The van der Waals surface area contributed by atoms with E-state index in [4.69, 9.17) is 14.6 Å². The summed E-state index contributed by atoms with van der Waals surface area (Å²) >= 11 is 0. The number of carbonyl (C=O) groups is 2. The molecule has 1 heterocycles. The van der Waals surface area contributed by atoms with Gasteiger partial charge in [-0.2, -0.15) is 0 Å². The second-order valence-corrected chi connectivity index (χ2v) is 3.58. The lowest BCUT2D eigenvalue weighted by molar-refractivity contribution is -0.136. The fourth-order valence-corrected chi connectivity index (χ4v) is 1.47. The minimum absolute atomic E-state index is 0.122. The quantitative estimate of drug-likeness (QED) is 0.795. The highest BCUT2D eigenvalue weighted by atomic mass is 16.4. The Balaban J connectivity index is 2.33. The van der Waals surface area contributed by atoms with Gasteiger partial charge in [0.2, 0.25) is 5.89 Å². The van der Waals surface area contributed by atoms with Gasteiger partial charge in [-0.15, -0.1) is 0 Å². The van der Waals surface area contributed by atoms with E-state index in [1.165, 1.54) is 6.08 Å². The molecule has 0 atom stereocenters. The van der Waals surface area contributed by atoms with Crippen LogP contribution in [0.1, 0.15) is 11.5 Å². The molecule has 0 bridgehead atoms. The van der Waals surface area contributed by atoms with Crippen LogP contribution in [0.4, 0.5) is 0 Å². The van der Waals surface area contributed by atoms with Crippen LogP contribution in [0.3, 0.4) is 0 Å². The number of hydrogen-bond donors (Lipinski definition) is 2. The second kappa shape index (κ2) is 4.70. The van der Waals surface area contributed by atoms with Gasteiger partial charge in [-0.1, -0.05) is 6.07 Å². The van der Waals surface area contributed by atoms with Gasteiger partial charge in [-0.05, 0) is 23.8 Å². The molecule has 1 aromatic heterocycles. The molecule has 2 rings (SSSR count). The number of fused-ring (bicyclic) bond motifs is 1. The number of carboxylic acids is 2. The third-order valence-corrected chi connectivity index (χ3v) is 2.18. The van der Waals surface area contributed by atoms with Crippen LogP contribution in [0, 0.1) is 0 Å².